The van der Waals surface area contributed by atoms with Crippen molar-refractivity contribution in [1.82, 2.24) is 14.5 Å². The van der Waals surface area contributed by atoms with Gasteiger partial charge in [0.15, 0.2) is 0 Å². The lowest BCUT2D eigenvalue weighted by Gasteiger charge is -2.09. The highest BCUT2D eigenvalue weighted by atomic mass is 32.1. The minimum atomic E-state index is 0.784. The molecule has 2 aromatic heterocycles. The van der Waals surface area contributed by atoms with E-state index in [-0.39, 0.29) is 0 Å². The number of aromatic nitrogens is 3. The van der Waals surface area contributed by atoms with Crippen molar-refractivity contribution in [2.75, 3.05) is 0 Å². The second kappa shape index (κ2) is 6.29. The first-order chi connectivity index (χ1) is 11.8. The van der Waals surface area contributed by atoms with Gasteiger partial charge < -0.3 is 9.30 Å². The Labute approximate surface area is 144 Å². The zero-order valence-electron chi connectivity index (χ0n) is 13.1. The molecular formula is C19H15N3OS. The number of hydrogen-bond donors (Lipinski definition) is 0. The Morgan fingerprint density at radius 2 is 1.67 bits per heavy atom. The molecule has 118 valence electrons. The van der Waals surface area contributed by atoms with Gasteiger partial charge >= 0.3 is 0 Å². The lowest BCUT2D eigenvalue weighted by molar-refractivity contribution is 0.483. The minimum Gasteiger partial charge on any atom is -0.457 e. The maximum atomic E-state index is 6.04. The molecule has 4 aromatic rings. The molecule has 0 aliphatic carbocycles. The highest BCUT2D eigenvalue weighted by Crippen LogP contribution is 2.30. The molecule has 0 spiro atoms. The van der Waals surface area contributed by atoms with Crippen LogP contribution in [-0.2, 0) is 7.05 Å². The summed E-state index contributed by atoms with van der Waals surface area (Å²) in [6.07, 6.45) is 5.53. The summed E-state index contributed by atoms with van der Waals surface area (Å²) in [6.45, 7) is 0. The fourth-order valence-corrected chi connectivity index (χ4v) is 3.17. The summed E-state index contributed by atoms with van der Waals surface area (Å²) in [5.41, 5.74) is 2.08. The number of nitrogens with zero attached hydrogens (tertiary/aromatic N) is 3. The molecule has 5 heteroatoms. The first-order valence-corrected chi connectivity index (χ1v) is 8.43. The van der Waals surface area contributed by atoms with Gasteiger partial charge in [0, 0.05) is 42.1 Å². The van der Waals surface area contributed by atoms with Crippen molar-refractivity contribution in [3.63, 3.8) is 0 Å². The highest BCUT2D eigenvalue weighted by molar-refractivity contribution is 7.13. The summed E-state index contributed by atoms with van der Waals surface area (Å²) < 4.78 is 8.02. The van der Waals surface area contributed by atoms with E-state index < -0.39 is 0 Å². The molecule has 0 atom stereocenters. The van der Waals surface area contributed by atoms with Crippen LogP contribution in [0.5, 0.6) is 11.5 Å². The summed E-state index contributed by atoms with van der Waals surface area (Å²) in [4.78, 5) is 8.73. The van der Waals surface area contributed by atoms with Gasteiger partial charge in [-0.15, -0.1) is 11.3 Å². The zero-order valence-corrected chi connectivity index (χ0v) is 13.9. The fourth-order valence-electron chi connectivity index (χ4n) is 2.54. The van der Waals surface area contributed by atoms with Gasteiger partial charge in [-0.1, -0.05) is 24.3 Å². The van der Waals surface area contributed by atoms with Crippen LogP contribution in [0, 0.1) is 0 Å². The van der Waals surface area contributed by atoms with Crippen molar-refractivity contribution in [2.45, 2.75) is 0 Å². The molecule has 4 nitrogen and oxygen atoms in total. The van der Waals surface area contributed by atoms with Crippen molar-refractivity contribution in [3.05, 3.63) is 72.5 Å². The van der Waals surface area contributed by atoms with Crippen LogP contribution in [0.1, 0.15) is 0 Å². The molecule has 0 unspecified atom stereocenters. The van der Waals surface area contributed by atoms with Crippen LogP contribution in [0.4, 0.5) is 0 Å². The van der Waals surface area contributed by atoms with E-state index in [1.807, 2.05) is 77.9 Å². The Hall–Kier alpha value is -2.92. The summed E-state index contributed by atoms with van der Waals surface area (Å²) in [7, 11) is 1.98. The number of rotatable bonds is 4. The Bertz CT molecular complexity index is 960. The molecule has 2 aromatic carbocycles. The van der Waals surface area contributed by atoms with E-state index in [0.717, 1.165) is 33.5 Å². The molecule has 0 radical (unpaired) electrons. The van der Waals surface area contributed by atoms with E-state index >= 15 is 0 Å². The molecule has 0 N–H and O–H groups in total. The van der Waals surface area contributed by atoms with Gasteiger partial charge in [0.1, 0.15) is 22.3 Å². The third kappa shape index (κ3) is 2.94. The fraction of sp³-hybridized carbons (Fsp3) is 0.0526. The second-order valence-corrected chi connectivity index (χ2v) is 6.25. The van der Waals surface area contributed by atoms with Gasteiger partial charge in [-0.3, -0.25) is 0 Å². The van der Waals surface area contributed by atoms with Crippen LogP contribution in [-0.4, -0.2) is 14.5 Å². The van der Waals surface area contributed by atoms with Gasteiger partial charge in [-0.05, 0) is 24.3 Å². The van der Waals surface area contributed by atoms with Gasteiger partial charge in [0.2, 0.25) is 0 Å². The maximum absolute atomic E-state index is 6.04. The summed E-state index contributed by atoms with van der Waals surface area (Å²) >= 11 is 1.62. The third-order valence-electron chi connectivity index (χ3n) is 3.66. The summed E-state index contributed by atoms with van der Waals surface area (Å²) in [5.74, 6) is 2.49. The van der Waals surface area contributed by atoms with Gasteiger partial charge in [0.25, 0.3) is 0 Å². The SMILES string of the molecule is Cn1ccnc1-c1cccc(Oc2cccc(-c3nccs3)c2)c1. The quantitative estimate of drug-likeness (QED) is 0.527. The van der Waals surface area contributed by atoms with Gasteiger partial charge in [-0.25, -0.2) is 9.97 Å². The smallest absolute Gasteiger partial charge is 0.139 e. The molecule has 24 heavy (non-hydrogen) atoms. The molecule has 0 fully saturated rings. The summed E-state index contributed by atoms with van der Waals surface area (Å²) in [6, 6.07) is 15.9. The number of imidazole rings is 1. The van der Waals surface area contributed by atoms with E-state index in [0.29, 0.717) is 0 Å². The molecular weight excluding hydrogens is 318 g/mol. The van der Waals surface area contributed by atoms with Crippen LogP contribution in [0.2, 0.25) is 0 Å². The molecule has 0 aliphatic heterocycles. The van der Waals surface area contributed by atoms with Gasteiger partial charge in [-0.2, -0.15) is 0 Å². The molecule has 0 bridgehead atoms. The first kappa shape index (κ1) is 14.7. The number of ether oxygens (including phenoxy) is 1. The van der Waals surface area contributed by atoms with Crippen LogP contribution >= 0.6 is 11.3 Å². The number of thiazole rings is 1. The molecule has 0 aliphatic rings. The maximum Gasteiger partial charge on any atom is 0.139 e. The van der Waals surface area contributed by atoms with Crippen LogP contribution < -0.4 is 4.74 Å². The van der Waals surface area contributed by atoms with E-state index in [1.165, 1.54) is 0 Å². The van der Waals surface area contributed by atoms with Crippen molar-refractivity contribution >= 4 is 11.3 Å². The van der Waals surface area contributed by atoms with E-state index in [1.54, 1.807) is 17.5 Å². The van der Waals surface area contributed by atoms with E-state index in [2.05, 4.69) is 9.97 Å². The number of hydrogen-bond acceptors (Lipinski definition) is 4. The van der Waals surface area contributed by atoms with Crippen molar-refractivity contribution < 1.29 is 4.74 Å². The summed E-state index contributed by atoms with van der Waals surface area (Å²) in [5, 5.41) is 2.96. The largest absolute Gasteiger partial charge is 0.457 e. The topological polar surface area (TPSA) is 39.9 Å². The molecule has 0 amide bonds. The Morgan fingerprint density at radius 1 is 0.917 bits per heavy atom. The van der Waals surface area contributed by atoms with Crippen LogP contribution in [0.3, 0.4) is 0 Å². The predicted octanol–water partition coefficient (Wildman–Crippen LogP) is 5.00. The first-order valence-electron chi connectivity index (χ1n) is 7.55. The predicted molar refractivity (Wildman–Crippen MR) is 96.3 cm³/mol. The van der Waals surface area contributed by atoms with E-state index in [9.17, 15) is 0 Å². The molecule has 0 saturated heterocycles. The highest BCUT2D eigenvalue weighted by Gasteiger charge is 2.07. The van der Waals surface area contributed by atoms with Crippen molar-refractivity contribution in [3.8, 4) is 33.5 Å². The number of benzene rings is 2. The average Bonchev–Trinajstić information content (AvgIpc) is 3.27. The minimum absolute atomic E-state index is 0.784. The third-order valence-corrected chi connectivity index (χ3v) is 4.48. The normalized spacial score (nSPS) is 10.7. The molecule has 0 saturated carbocycles. The van der Waals surface area contributed by atoms with Crippen LogP contribution in [0.25, 0.3) is 22.0 Å². The molecule has 4 rings (SSSR count). The molecule has 2 heterocycles. The van der Waals surface area contributed by atoms with Crippen molar-refractivity contribution in [1.29, 1.82) is 0 Å². The van der Waals surface area contributed by atoms with Crippen LogP contribution in [0.15, 0.2) is 72.5 Å². The zero-order chi connectivity index (χ0) is 16.4. The number of aryl methyl sites for hydroxylation is 1. The lowest BCUT2D eigenvalue weighted by atomic mass is 10.2. The van der Waals surface area contributed by atoms with Crippen molar-refractivity contribution in [2.24, 2.45) is 7.05 Å². The average molecular weight is 333 g/mol. The standard InChI is InChI=1S/C19H15N3OS/c1-22-10-8-20-18(22)14-4-2-6-16(12-14)23-17-7-3-5-15(13-17)19-21-9-11-24-19/h2-13H,1H3. The Morgan fingerprint density at radius 3 is 2.33 bits per heavy atom. The monoisotopic (exact) mass is 333 g/mol. The Balaban J connectivity index is 1.62. The lowest BCUT2D eigenvalue weighted by Crippen LogP contribution is -1.92. The van der Waals surface area contributed by atoms with E-state index in [4.69, 9.17) is 4.74 Å². The second-order valence-electron chi connectivity index (χ2n) is 5.36. The van der Waals surface area contributed by atoms with Gasteiger partial charge in [0.05, 0.1) is 0 Å². The Kier molecular flexibility index (Phi) is 3.84.